The van der Waals surface area contributed by atoms with E-state index >= 15 is 0 Å². The first-order chi connectivity index (χ1) is 12.7. The Balaban J connectivity index is 2.56. The van der Waals surface area contributed by atoms with Crippen molar-refractivity contribution in [1.29, 1.82) is 0 Å². The van der Waals surface area contributed by atoms with Gasteiger partial charge in [0.25, 0.3) is 0 Å². The number of benzene rings is 2. The molecule has 0 saturated heterocycles. The third kappa shape index (κ3) is 5.66. The van der Waals surface area contributed by atoms with Gasteiger partial charge in [-0.2, -0.15) is 0 Å². The molecule has 0 aliphatic heterocycles. The second-order valence-corrected chi connectivity index (χ2v) is 11.2. The summed E-state index contributed by atoms with van der Waals surface area (Å²) in [6.45, 7) is 17.9. The number of hydrogen-bond acceptors (Lipinski definition) is 1. The van der Waals surface area contributed by atoms with E-state index in [1.54, 1.807) is 0 Å². The SMILES string of the molecule is Cc1ccc(C(=NP(C(C)C)C(C)C)Nc2c(C)cccc2C(C)C)cc1. The van der Waals surface area contributed by atoms with Crippen molar-refractivity contribution in [3.05, 3.63) is 64.7 Å². The molecule has 3 heteroatoms. The molecule has 0 saturated carbocycles. The maximum Gasteiger partial charge on any atom is 0.136 e. The molecule has 2 nitrogen and oxygen atoms in total. The van der Waals surface area contributed by atoms with Crippen LogP contribution in [0.4, 0.5) is 5.69 Å². The minimum Gasteiger partial charge on any atom is -0.339 e. The molecule has 0 unspecified atom stereocenters. The van der Waals surface area contributed by atoms with Crippen LogP contribution >= 0.6 is 8.07 Å². The third-order valence-corrected chi connectivity index (χ3v) is 7.32. The first kappa shape index (κ1) is 21.6. The Labute approximate surface area is 167 Å². The molecule has 146 valence electrons. The van der Waals surface area contributed by atoms with Crippen LogP contribution in [0.3, 0.4) is 0 Å². The maximum atomic E-state index is 5.28. The largest absolute Gasteiger partial charge is 0.339 e. The summed E-state index contributed by atoms with van der Waals surface area (Å²) in [6, 6.07) is 15.2. The van der Waals surface area contributed by atoms with Crippen LogP contribution in [0.25, 0.3) is 0 Å². The van der Waals surface area contributed by atoms with Gasteiger partial charge in [-0.15, -0.1) is 0 Å². The number of anilines is 1. The minimum absolute atomic E-state index is 0.455. The summed E-state index contributed by atoms with van der Waals surface area (Å²) in [5, 5.41) is 3.74. The summed E-state index contributed by atoms with van der Waals surface area (Å²) in [5.74, 6) is 1.46. The number of hydrogen-bond donors (Lipinski definition) is 1. The molecule has 0 atom stereocenters. The zero-order valence-corrected chi connectivity index (χ0v) is 19.1. The lowest BCUT2D eigenvalue weighted by atomic mass is 9.98. The summed E-state index contributed by atoms with van der Waals surface area (Å²) in [4.78, 5) is 0. The Kier molecular flexibility index (Phi) is 7.62. The van der Waals surface area contributed by atoms with Gasteiger partial charge in [0.1, 0.15) is 5.84 Å². The van der Waals surface area contributed by atoms with Gasteiger partial charge in [0.2, 0.25) is 0 Å². The molecule has 1 N–H and O–H groups in total. The van der Waals surface area contributed by atoms with Gasteiger partial charge < -0.3 is 5.32 Å². The quantitative estimate of drug-likeness (QED) is 0.312. The number of para-hydroxylation sites is 1. The van der Waals surface area contributed by atoms with E-state index in [4.69, 9.17) is 4.76 Å². The number of nitrogens with zero attached hydrogens (tertiary/aromatic N) is 1. The molecule has 2 rings (SSSR count). The Hall–Kier alpha value is -1.66. The normalized spacial score (nSPS) is 12.5. The second kappa shape index (κ2) is 9.51. The van der Waals surface area contributed by atoms with Crippen LogP contribution in [0.15, 0.2) is 47.2 Å². The first-order valence-corrected chi connectivity index (χ1v) is 11.4. The Bertz CT molecular complexity index is 765. The molecule has 0 fully saturated rings. The van der Waals surface area contributed by atoms with Crippen molar-refractivity contribution in [2.24, 2.45) is 4.76 Å². The molecule has 0 spiro atoms. The average Bonchev–Trinajstić information content (AvgIpc) is 2.59. The number of aryl methyl sites for hydroxylation is 2. The molecular formula is C24H35N2P. The van der Waals surface area contributed by atoms with Crippen LogP contribution < -0.4 is 5.32 Å². The van der Waals surface area contributed by atoms with Crippen molar-refractivity contribution in [2.75, 3.05) is 5.32 Å². The minimum atomic E-state index is -0.455. The van der Waals surface area contributed by atoms with Crippen LogP contribution in [0.1, 0.15) is 69.7 Å². The summed E-state index contributed by atoms with van der Waals surface area (Å²) in [5.41, 5.74) is 7.36. The van der Waals surface area contributed by atoms with Gasteiger partial charge in [0.05, 0.1) is 0 Å². The average molecular weight is 383 g/mol. The lowest BCUT2D eigenvalue weighted by Gasteiger charge is -2.24. The van der Waals surface area contributed by atoms with E-state index in [2.05, 4.69) is 103 Å². The Morgan fingerprint density at radius 2 is 1.44 bits per heavy atom. The molecule has 2 aromatic rings. The molecule has 2 aromatic carbocycles. The van der Waals surface area contributed by atoms with Crippen LogP contribution in [0, 0.1) is 13.8 Å². The Morgan fingerprint density at radius 1 is 0.852 bits per heavy atom. The van der Waals surface area contributed by atoms with E-state index in [9.17, 15) is 0 Å². The fraction of sp³-hybridized carbons (Fsp3) is 0.458. The van der Waals surface area contributed by atoms with Crippen LogP contribution in [-0.2, 0) is 0 Å². The summed E-state index contributed by atoms with van der Waals surface area (Å²) < 4.78 is 5.28. The topological polar surface area (TPSA) is 24.4 Å². The third-order valence-electron chi connectivity index (χ3n) is 4.77. The highest BCUT2D eigenvalue weighted by Crippen LogP contribution is 2.48. The van der Waals surface area contributed by atoms with Gasteiger partial charge in [-0.25, -0.2) is 4.76 Å². The van der Waals surface area contributed by atoms with Crippen molar-refractivity contribution in [3.8, 4) is 0 Å². The molecule has 27 heavy (non-hydrogen) atoms. The molecule has 0 bridgehead atoms. The van der Waals surface area contributed by atoms with Crippen molar-refractivity contribution in [1.82, 2.24) is 0 Å². The fourth-order valence-corrected chi connectivity index (χ4v) is 5.32. The monoisotopic (exact) mass is 382 g/mol. The fourth-order valence-electron chi connectivity index (χ4n) is 3.27. The van der Waals surface area contributed by atoms with E-state index in [1.165, 1.54) is 22.4 Å². The molecule has 0 aliphatic carbocycles. The lowest BCUT2D eigenvalue weighted by molar-refractivity contribution is 0.868. The van der Waals surface area contributed by atoms with Crippen molar-refractivity contribution >= 4 is 19.6 Å². The van der Waals surface area contributed by atoms with Gasteiger partial charge >= 0.3 is 0 Å². The van der Waals surface area contributed by atoms with Crippen molar-refractivity contribution in [2.45, 2.75) is 72.6 Å². The van der Waals surface area contributed by atoms with E-state index in [1.807, 2.05) is 0 Å². The number of nitrogens with one attached hydrogen (secondary N) is 1. The number of amidine groups is 1. The molecule has 0 aromatic heterocycles. The van der Waals surface area contributed by atoms with Crippen molar-refractivity contribution in [3.63, 3.8) is 0 Å². The van der Waals surface area contributed by atoms with Gasteiger partial charge in [-0.05, 0) is 42.2 Å². The van der Waals surface area contributed by atoms with Crippen LogP contribution in [0.2, 0.25) is 0 Å². The van der Waals surface area contributed by atoms with Gasteiger partial charge in [-0.3, -0.25) is 0 Å². The van der Waals surface area contributed by atoms with E-state index in [0.29, 0.717) is 17.2 Å². The summed E-state index contributed by atoms with van der Waals surface area (Å²) in [7, 11) is -0.455. The predicted octanol–water partition coefficient (Wildman–Crippen LogP) is 7.50. The lowest BCUT2D eigenvalue weighted by Crippen LogP contribution is -2.17. The smallest absolute Gasteiger partial charge is 0.136 e. The Morgan fingerprint density at radius 3 is 1.96 bits per heavy atom. The second-order valence-electron chi connectivity index (χ2n) is 8.20. The van der Waals surface area contributed by atoms with E-state index in [0.717, 1.165) is 11.4 Å². The molecular weight excluding hydrogens is 347 g/mol. The van der Waals surface area contributed by atoms with Gasteiger partial charge in [-0.1, -0.05) is 89.6 Å². The van der Waals surface area contributed by atoms with Crippen molar-refractivity contribution < 1.29 is 0 Å². The summed E-state index contributed by atoms with van der Waals surface area (Å²) in [6.07, 6.45) is 0. The maximum absolute atomic E-state index is 5.28. The highest BCUT2D eigenvalue weighted by Gasteiger charge is 2.19. The highest BCUT2D eigenvalue weighted by atomic mass is 31.1. The standard InChI is InChI=1S/C24H35N2P/c1-16(2)22-11-9-10-20(8)23(22)25-24(21-14-12-19(7)13-15-21)26-27(17(3)4)18(5)6/h9-18H,1-8H3,(H,25,26). The van der Waals surface area contributed by atoms with Gasteiger partial charge in [0, 0.05) is 19.3 Å². The predicted molar refractivity (Wildman–Crippen MR) is 124 cm³/mol. The van der Waals surface area contributed by atoms with Crippen LogP contribution in [0.5, 0.6) is 0 Å². The molecule has 0 aliphatic rings. The molecule has 0 radical (unpaired) electrons. The van der Waals surface area contributed by atoms with E-state index in [-0.39, 0.29) is 0 Å². The van der Waals surface area contributed by atoms with E-state index < -0.39 is 8.07 Å². The molecule has 0 amide bonds. The zero-order chi connectivity index (χ0) is 20.1. The number of rotatable bonds is 6. The highest BCUT2D eigenvalue weighted by molar-refractivity contribution is 7.57. The zero-order valence-electron chi connectivity index (χ0n) is 18.2. The molecule has 0 heterocycles. The first-order valence-electron chi connectivity index (χ1n) is 10.0. The summed E-state index contributed by atoms with van der Waals surface area (Å²) >= 11 is 0. The van der Waals surface area contributed by atoms with Crippen LogP contribution in [-0.4, -0.2) is 17.2 Å². The van der Waals surface area contributed by atoms with Gasteiger partial charge in [0.15, 0.2) is 0 Å².